The summed E-state index contributed by atoms with van der Waals surface area (Å²) in [6, 6.07) is 11.6. The molecule has 0 bridgehead atoms. The zero-order valence-electron chi connectivity index (χ0n) is 13.5. The number of hydrogen-bond acceptors (Lipinski definition) is 5. The van der Waals surface area contributed by atoms with Crippen LogP contribution in [-0.4, -0.2) is 25.3 Å². The average Bonchev–Trinajstić information content (AvgIpc) is 3.07. The highest BCUT2D eigenvalue weighted by Crippen LogP contribution is 2.32. The second-order valence-electron chi connectivity index (χ2n) is 5.45. The quantitative estimate of drug-likeness (QED) is 0.828. The molecule has 0 aliphatic carbocycles. The Morgan fingerprint density at radius 1 is 1.20 bits per heavy atom. The normalized spacial score (nSPS) is 13.2. The van der Waals surface area contributed by atoms with Crippen LogP contribution in [0.4, 0.5) is 0 Å². The van der Waals surface area contributed by atoms with Gasteiger partial charge in [0, 0.05) is 5.02 Å². The molecule has 130 valence electrons. The van der Waals surface area contributed by atoms with Gasteiger partial charge in [-0.3, -0.25) is 4.79 Å². The van der Waals surface area contributed by atoms with Crippen molar-refractivity contribution in [3.63, 3.8) is 0 Å². The van der Waals surface area contributed by atoms with Gasteiger partial charge in [-0.25, -0.2) is 4.79 Å². The molecule has 1 atom stereocenters. The maximum absolute atomic E-state index is 12.0. The number of carbonyl (C=O) groups excluding carboxylic acids is 2. The van der Waals surface area contributed by atoms with Gasteiger partial charge in [-0.05, 0) is 36.8 Å². The first kappa shape index (κ1) is 17.1. The van der Waals surface area contributed by atoms with Crippen molar-refractivity contribution in [3.8, 4) is 11.5 Å². The number of carbonyl (C=O) groups is 2. The molecule has 0 radical (unpaired) electrons. The molecule has 0 spiro atoms. The van der Waals surface area contributed by atoms with Gasteiger partial charge in [0.15, 0.2) is 18.1 Å². The molecular formula is C18H16ClNO5. The zero-order chi connectivity index (χ0) is 17.8. The minimum Gasteiger partial charge on any atom is -0.454 e. The average molecular weight is 362 g/mol. The van der Waals surface area contributed by atoms with E-state index < -0.39 is 11.9 Å². The molecule has 1 aliphatic heterocycles. The van der Waals surface area contributed by atoms with Crippen molar-refractivity contribution in [2.75, 3.05) is 13.4 Å². The standard InChI is InChI=1S/C18H16ClNO5/c1-11(13-4-2-3-5-14(13)19)20-17(21)9-23-18(22)12-6-7-15-16(8-12)25-10-24-15/h2-8,11H,9-10H2,1H3,(H,20,21)/t11-/m0/s1. The smallest absolute Gasteiger partial charge is 0.338 e. The van der Waals surface area contributed by atoms with Crippen LogP contribution < -0.4 is 14.8 Å². The fraction of sp³-hybridized carbons (Fsp3) is 0.222. The lowest BCUT2D eigenvalue weighted by molar-refractivity contribution is -0.124. The van der Waals surface area contributed by atoms with E-state index in [1.54, 1.807) is 25.1 Å². The first-order valence-corrected chi connectivity index (χ1v) is 8.03. The molecule has 2 aromatic rings. The van der Waals surface area contributed by atoms with Crippen molar-refractivity contribution in [3.05, 3.63) is 58.6 Å². The van der Waals surface area contributed by atoms with Gasteiger partial charge in [0.1, 0.15) is 0 Å². The van der Waals surface area contributed by atoms with Crippen molar-refractivity contribution in [2.45, 2.75) is 13.0 Å². The van der Waals surface area contributed by atoms with E-state index in [1.807, 2.05) is 18.2 Å². The van der Waals surface area contributed by atoms with E-state index in [2.05, 4.69) is 5.32 Å². The number of amides is 1. The summed E-state index contributed by atoms with van der Waals surface area (Å²) in [7, 11) is 0. The van der Waals surface area contributed by atoms with Crippen molar-refractivity contribution in [1.29, 1.82) is 0 Å². The third kappa shape index (κ3) is 4.03. The maximum Gasteiger partial charge on any atom is 0.338 e. The van der Waals surface area contributed by atoms with Crippen LogP contribution in [0.15, 0.2) is 42.5 Å². The highest BCUT2D eigenvalue weighted by atomic mass is 35.5. The van der Waals surface area contributed by atoms with Gasteiger partial charge >= 0.3 is 5.97 Å². The van der Waals surface area contributed by atoms with Crippen molar-refractivity contribution in [2.24, 2.45) is 0 Å². The number of esters is 1. The van der Waals surface area contributed by atoms with Gasteiger partial charge in [-0.1, -0.05) is 29.8 Å². The summed E-state index contributed by atoms with van der Waals surface area (Å²) < 4.78 is 15.4. The third-order valence-corrected chi connectivity index (χ3v) is 4.04. The minimum absolute atomic E-state index is 0.121. The van der Waals surface area contributed by atoms with Gasteiger partial charge in [0.2, 0.25) is 6.79 Å². The van der Waals surface area contributed by atoms with E-state index in [-0.39, 0.29) is 25.0 Å². The zero-order valence-corrected chi connectivity index (χ0v) is 14.2. The topological polar surface area (TPSA) is 73.9 Å². The summed E-state index contributed by atoms with van der Waals surface area (Å²) in [5.41, 5.74) is 1.08. The Morgan fingerprint density at radius 2 is 1.96 bits per heavy atom. The second-order valence-corrected chi connectivity index (χ2v) is 5.86. The predicted molar refractivity (Wildman–Crippen MR) is 90.9 cm³/mol. The highest BCUT2D eigenvalue weighted by Gasteiger charge is 2.18. The van der Waals surface area contributed by atoms with Gasteiger partial charge in [0.05, 0.1) is 11.6 Å². The Morgan fingerprint density at radius 3 is 2.76 bits per heavy atom. The van der Waals surface area contributed by atoms with Crippen LogP contribution in [-0.2, 0) is 9.53 Å². The predicted octanol–water partition coefficient (Wildman–Crippen LogP) is 3.10. The fourth-order valence-corrected chi connectivity index (χ4v) is 2.72. The van der Waals surface area contributed by atoms with E-state index >= 15 is 0 Å². The Bertz CT molecular complexity index is 808. The third-order valence-electron chi connectivity index (χ3n) is 3.69. The van der Waals surface area contributed by atoms with Crippen molar-refractivity contribution < 1.29 is 23.8 Å². The van der Waals surface area contributed by atoms with Crippen LogP contribution in [0.3, 0.4) is 0 Å². The fourth-order valence-electron chi connectivity index (χ4n) is 2.43. The second kappa shape index (κ2) is 7.44. The lowest BCUT2D eigenvalue weighted by atomic mass is 10.1. The number of fused-ring (bicyclic) bond motifs is 1. The molecule has 0 saturated carbocycles. The summed E-state index contributed by atoms with van der Waals surface area (Å²) in [4.78, 5) is 24.0. The Kier molecular flexibility index (Phi) is 5.09. The summed E-state index contributed by atoms with van der Waals surface area (Å²) in [6.45, 7) is 1.54. The molecule has 7 heteroatoms. The molecule has 0 aromatic heterocycles. The molecule has 6 nitrogen and oxygen atoms in total. The van der Waals surface area contributed by atoms with Crippen LogP contribution in [0.2, 0.25) is 5.02 Å². The Balaban J connectivity index is 1.53. The molecule has 25 heavy (non-hydrogen) atoms. The lowest BCUT2D eigenvalue weighted by Crippen LogP contribution is -2.31. The molecule has 0 fully saturated rings. The Hall–Kier alpha value is -2.73. The SMILES string of the molecule is C[C@H](NC(=O)COC(=O)c1ccc2c(c1)OCO2)c1ccccc1Cl. The summed E-state index contributed by atoms with van der Waals surface area (Å²) in [6.07, 6.45) is 0. The highest BCUT2D eigenvalue weighted by molar-refractivity contribution is 6.31. The first-order valence-electron chi connectivity index (χ1n) is 7.65. The van der Waals surface area contributed by atoms with Crippen LogP contribution >= 0.6 is 11.6 Å². The summed E-state index contributed by atoms with van der Waals surface area (Å²) in [5, 5.41) is 3.30. The molecule has 1 aliphatic rings. The molecular weight excluding hydrogens is 346 g/mol. The monoisotopic (exact) mass is 361 g/mol. The summed E-state index contributed by atoms with van der Waals surface area (Å²) >= 11 is 6.10. The van der Waals surface area contributed by atoms with Gasteiger partial charge in [-0.15, -0.1) is 0 Å². The van der Waals surface area contributed by atoms with Crippen LogP contribution in [0.1, 0.15) is 28.9 Å². The number of benzene rings is 2. The van der Waals surface area contributed by atoms with E-state index in [4.69, 9.17) is 25.8 Å². The largest absolute Gasteiger partial charge is 0.454 e. The molecule has 0 unspecified atom stereocenters. The van der Waals surface area contributed by atoms with Gasteiger partial charge in [0.25, 0.3) is 5.91 Å². The van der Waals surface area contributed by atoms with E-state index in [0.29, 0.717) is 16.5 Å². The van der Waals surface area contributed by atoms with E-state index in [9.17, 15) is 9.59 Å². The van der Waals surface area contributed by atoms with E-state index in [1.165, 1.54) is 6.07 Å². The maximum atomic E-state index is 12.0. The minimum atomic E-state index is -0.612. The molecule has 1 heterocycles. The van der Waals surface area contributed by atoms with Gasteiger partial charge in [-0.2, -0.15) is 0 Å². The van der Waals surface area contributed by atoms with E-state index in [0.717, 1.165) is 5.56 Å². The number of rotatable bonds is 5. The number of nitrogens with one attached hydrogen (secondary N) is 1. The van der Waals surface area contributed by atoms with Crippen LogP contribution in [0, 0.1) is 0 Å². The van der Waals surface area contributed by atoms with Crippen molar-refractivity contribution >= 4 is 23.5 Å². The summed E-state index contributed by atoms with van der Waals surface area (Å²) in [5.74, 6) is 0.0226. The molecule has 2 aromatic carbocycles. The number of halogens is 1. The lowest BCUT2D eigenvalue weighted by Gasteiger charge is -2.15. The molecule has 0 saturated heterocycles. The molecule has 1 amide bonds. The van der Waals surface area contributed by atoms with Crippen LogP contribution in [0.5, 0.6) is 11.5 Å². The molecule has 3 rings (SSSR count). The first-order chi connectivity index (χ1) is 12.0. The van der Waals surface area contributed by atoms with Crippen LogP contribution in [0.25, 0.3) is 0 Å². The number of ether oxygens (including phenoxy) is 3. The van der Waals surface area contributed by atoms with Gasteiger partial charge < -0.3 is 19.5 Å². The molecule has 1 N–H and O–H groups in total. The number of hydrogen-bond donors (Lipinski definition) is 1. The Labute approximate surface area is 149 Å². The van der Waals surface area contributed by atoms with Crippen molar-refractivity contribution in [1.82, 2.24) is 5.32 Å².